The van der Waals surface area contributed by atoms with E-state index in [2.05, 4.69) is 4.98 Å². The van der Waals surface area contributed by atoms with Gasteiger partial charge >= 0.3 is 5.69 Å². The van der Waals surface area contributed by atoms with Gasteiger partial charge in [-0.2, -0.15) is 5.26 Å². The van der Waals surface area contributed by atoms with Gasteiger partial charge in [-0.05, 0) is 32.3 Å². The van der Waals surface area contributed by atoms with Crippen LogP contribution in [0.5, 0.6) is 0 Å². The standard InChI is InChI=1S/C16H17N3O2/c1-16(2,9-8-12-6-4-3-5-7-12)19-11-13(10-17)14(20)18-15(19)21/h3-7,11H,8-9H2,1-2H3,(H,18,20,21). The first-order valence-corrected chi connectivity index (χ1v) is 6.74. The van der Waals surface area contributed by atoms with Crippen LogP contribution in [0.1, 0.15) is 31.4 Å². The Balaban J connectivity index is 2.29. The van der Waals surface area contributed by atoms with Crippen LogP contribution in [0.2, 0.25) is 0 Å². The Labute approximate surface area is 122 Å². The van der Waals surface area contributed by atoms with Crippen molar-refractivity contribution in [3.05, 3.63) is 68.5 Å². The topological polar surface area (TPSA) is 78.7 Å². The number of rotatable bonds is 4. The highest BCUT2D eigenvalue weighted by Crippen LogP contribution is 2.20. The molecule has 0 saturated heterocycles. The van der Waals surface area contributed by atoms with Gasteiger partial charge in [0.1, 0.15) is 11.6 Å². The lowest BCUT2D eigenvalue weighted by molar-refractivity contribution is 0.312. The maximum absolute atomic E-state index is 12.0. The molecule has 0 radical (unpaired) electrons. The summed E-state index contributed by atoms with van der Waals surface area (Å²) in [5.74, 6) is 0. The molecule has 1 N–H and O–H groups in total. The zero-order valence-corrected chi connectivity index (χ0v) is 12.1. The maximum atomic E-state index is 12.0. The number of nitrogens with one attached hydrogen (secondary N) is 1. The highest BCUT2D eigenvalue weighted by Gasteiger charge is 2.22. The Hall–Kier alpha value is -2.61. The first-order valence-electron chi connectivity index (χ1n) is 6.74. The summed E-state index contributed by atoms with van der Waals surface area (Å²) < 4.78 is 1.43. The van der Waals surface area contributed by atoms with E-state index in [0.717, 1.165) is 6.42 Å². The Bertz CT molecular complexity index is 780. The molecular weight excluding hydrogens is 266 g/mol. The van der Waals surface area contributed by atoms with E-state index in [9.17, 15) is 9.59 Å². The minimum absolute atomic E-state index is 0.0533. The van der Waals surface area contributed by atoms with Crippen LogP contribution in [0.25, 0.3) is 0 Å². The van der Waals surface area contributed by atoms with Crippen LogP contribution in [-0.2, 0) is 12.0 Å². The number of nitriles is 1. The third kappa shape index (κ3) is 3.29. The third-order valence-corrected chi connectivity index (χ3v) is 3.58. The Morgan fingerprint density at radius 2 is 1.90 bits per heavy atom. The SMILES string of the molecule is CC(C)(CCc1ccccc1)n1cc(C#N)c(=O)[nH]c1=O. The van der Waals surface area contributed by atoms with Crippen LogP contribution in [0.4, 0.5) is 0 Å². The van der Waals surface area contributed by atoms with Gasteiger partial charge in [0.15, 0.2) is 0 Å². The molecule has 0 aliphatic rings. The predicted molar refractivity (Wildman–Crippen MR) is 80.1 cm³/mol. The fourth-order valence-corrected chi connectivity index (χ4v) is 2.22. The Morgan fingerprint density at radius 3 is 2.52 bits per heavy atom. The van der Waals surface area contributed by atoms with Crippen LogP contribution in [0, 0.1) is 11.3 Å². The number of hydrogen-bond donors (Lipinski definition) is 1. The van der Waals surface area contributed by atoms with Gasteiger partial charge in [-0.1, -0.05) is 30.3 Å². The van der Waals surface area contributed by atoms with Crippen molar-refractivity contribution in [2.45, 2.75) is 32.2 Å². The van der Waals surface area contributed by atoms with Gasteiger partial charge in [0.05, 0.1) is 0 Å². The molecule has 1 aromatic heterocycles. The smallest absolute Gasteiger partial charge is 0.294 e. The van der Waals surface area contributed by atoms with Gasteiger partial charge in [-0.3, -0.25) is 14.3 Å². The van der Waals surface area contributed by atoms with E-state index >= 15 is 0 Å². The number of aryl methyl sites for hydroxylation is 1. The van der Waals surface area contributed by atoms with Gasteiger partial charge in [0.25, 0.3) is 5.56 Å². The maximum Gasteiger partial charge on any atom is 0.328 e. The first kappa shape index (κ1) is 14.8. The average Bonchev–Trinajstić information content (AvgIpc) is 2.46. The van der Waals surface area contributed by atoms with Gasteiger partial charge < -0.3 is 0 Å². The number of nitrogens with zero attached hydrogens (tertiary/aromatic N) is 2. The van der Waals surface area contributed by atoms with Gasteiger partial charge in [0, 0.05) is 11.7 Å². The van der Waals surface area contributed by atoms with Crippen LogP contribution in [0.15, 0.2) is 46.1 Å². The second kappa shape index (κ2) is 5.80. The Kier molecular flexibility index (Phi) is 4.08. The monoisotopic (exact) mass is 283 g/mol. The molecule has 0 saturated carbocycles. The first-order chi connectivity index (χ1) is 9.94. The highest BCUT2D eigenvalue weighted by atomic mass is 16.2. The lowest BCUT2D eigenvalue weighted by Gasteiger charge is -2.27. The van der Waals surface area contributed by atoms with Crippen LogP contribution >= 0.6 is 0 Å². The molecule has 1 aromatic carbocycles. The molecule has 0 aliphatic carbocycles. The zero-order chi connectivity index (χ0) is 15.5. The molecular formula is C16H17N3O2. The van der Waals surface area contributed by atoms with Gasteiger partial charge in [0.2, 0.25) is 0 Å². The number of aromatic amines is 1. The molecule has 5 nitrogen and oxygen atoms in total. The minimum atomic E-state index is -0.641. The fourth-order valence-electron chi connectivity index (χ4n) is 2.22. The van der Waals surface area contributed by atoms with Crippen molar-refractivity contribution >= 4 is 0 Å². The molecule has 0 fully saturated rings. The predicted octanol–water partition coefficient (Wildman–Crippen LogP) is 1.78. The van der Waals surface area contributed by atoms with Crippen molar-refractivity contribution in [2.75, 3.05) is 0 Å². The van der Waals surface area contributed by atoms with Crippen LogP contribution < -0.4 is 11.2 Å². The van der Waals surface area contributed by atoms with E-state index in [0.29, 0.717) is 6.42 Å². The molecule has 0 aliphatic heterocycles. The third-order valence-electron chi connectivity index (χ3n) is 3.58. The molecule has 21 heavy (non-hydrogen) atoms. The fraction of sp³-hybridized carbons (Fsp3) is 0.312. The lowest BCUT2D eigenvalue weighted by atomic mass is 9.95. The van der Waals surface area contributed by atoms with E-state index in [1.807, 2.05) is 44.2 Å². The van der Waals surface area contributed by atoms with E-state index in [4.69, 9.17) is 5.26 Å². The van der Waals surface area contributed by atoms with Crippen LogP contribution in [0.3, 0.4) is 0 Å². The quantitative estimate of drug-likeness (QED) is 0.928. The summed E-state index contributed by atoms with van der Waals surface area (Å²) in [7, 11) is 0. The molecule has 0 amide bonds. The zero-order valence-electron chi connectivity index (χ0n) is 12.1. The number of H-pyrrole nitrogens is 1. The van der Waals surface area contributed by atoms with Gasteiger partial charge in [-0.25, -0.2) is 4.79 Å². The molecule has 2 rings (SSSR count). The van der Waals surface area contributed by atoms with Crippen LogP contribution in [-0.4, -0.2) is 9.55 Å². The van der Waals surface area contributed by atoms with Gasteiger partial charge in [-0.15, -0.1) is 0 Å². The van der Waals surface area contributed by atoms with Crippen molar-refractivity contribution in [3.8, 4) is 6.07 Å². The summed E-state index contributed by atoms with van der Waals surface area (Å²) in [5, 5.41) is 8.92. The summed E-state index contributed by atoms with van der Waals surface area (Å²) in [4.78, 5) is 25.6. The number of aromatic nitrogens is 2. The minimum Gasteiger partial charge on any atom is -0.294 e. The highest BCUT2D eigenvalue weighted by molar-refractivity contribution is 5.22. The summed E-state index contributed by atoms with van der Waals surface area (Å²) >= 11 is 0. The molecule has 0 atom stereocenters. The molecule has 2 aromatic rings. The second-order valence-corrected chi connectivity index (χ2v) is 5.58. The van der Waals surface area contributed by atoms with Crippen molar-refractivity contribution in [3.63, 3.8) is 0 Å². The summed E-state index contributed by atoms with van der Waals surface area (Å²) in [6.45, 7) is 3.83. The van der Waals surface area contributed by atoms with E-state index < -0.39 is 16.8 Å². The second-order valence-electron chi connectivity index (χ2n) is 5.58. The van der Waals surface area contributed by atoms with Crippen molar-refractivity contribution in [1.29, 1.82) is 5.26 Å². The molecule has 108 valence electrons. The molecule has 0 spiro atoms. The van der Waals surface area contributed by atoms with Crippen molar-refractivity contribution in [1.82, 2.24) is 9.55 Å². The molecule has 5 heteroatoms. The number of hydrogen-bond acceptors (Lipinski definition) is 3. The lowest BCUT2D eigenvalue weighted by Crippen LogP contribution is -2.41. The molecule has 0 unspecified atom stereocenters. The summed E-state index contributed by atoms with van der Waals surface area (Å²) in [6, 6.07) is 11.8. The molecule has 1 heterocycles. The van der Waals surface area contributed by atoms with Crippen molar-refractivity contribution in [2.24, 2.45) is 0 Å². The largest absolute Gasteiger partial charge is 0.328 e. The summed E-state index contributed by atoms with van der Waals surface area (Å²) in [5.41, 5.74) is -0.497. The number of benzene rings is 1. The van der Waals surface area contributed by atoms with E-state index in [-0.39, 0.29) is 5.56 Å². The summed E-state index contributed by atoms with van der Waals surface area (Å²) in [6.07, 6.45) is 2.86. The van der Waals surface area contributed by atoms with Crippen molar-refractivity contribution < 1.29 is 0 Å². The Morgan fingerprint density at radius 1 is 1.24 bits per heavy atom. The van der Waals surface area contributed by atoms with E-state index in [1.165, 1.54) is 16.3 Å². The molecule has 0 bridgehead atoms. The normalized spacial score (nSPS) is 11.1. The average molecular weight is 283 g/mol. The van der Waals surface area contributed by atoms with E-state index in [1.54, 1.807) is 6.07 Å².